The number of nitrogens with one attached hydrogen (secondary N) is 1. The topological polar surface area (TPSA) is 47.9 Å². The number of halogens is 2. The number of guanidine groups is 1. The van der Waals surface area contributed by atoms with Gasteiger partial charge in [-0.25, -0.2) is 10.1 Å². The molecule has 2 rings (SSSR count). The number of aliphatic imine (C=N–C) groups is 1. The van der Waals surface area contributed by atoms with Crippen molar-refractivity contribution in [1.82, 2.24) is 10.4 Å². The molecule has 0 unspecified atom stereocenters. The lowest BCUT2D eigenvalue weighted by molar-refractivity contribution is -0.00126. The van der Waals surface area contributed by atoms with Crippen LogP contribution >= 0.6 is 39.6 Å². The molecule has 0 amide bonds. The summed E-state index contributed by atoms with van der Waals surface area (Å²) in [5, 5.41) is 13.5. The van der Waals surface area contributed by atoms with Gasteiger partial charge in [0.15, 0.2) is 0 Å². The van der Waals surface area contributed by atoms with Gasteiger partial charge in [0.05, 0.1) is 12.2 Å². The molecule has 0 saturated carbocycles. The summed E-state index contributed by atoms with van der Waals surface area (Å²) in [6, 6.07) is 7.79. The molecule has 1 fully saturated rings. The van der Waals surface area contributed by atoms with Crippen molar-refractivity contribution >= 4 is 51.2 Å². The Morgan fingerprint density at radius 3 is 2.73 bits per heavy atom. The fourth-order valence-corrected chi connectivity index (χ4v) is 1.73. The van der Waals surface area contributed by atoms with Crippen LogP contribution < -0.4 is 5.32 Å². The van der Waals surface area contributed by atoms with E-state index < -0.39 is 0 Å². The molecule has 15 heavy (non-hydrogen) atoms. The van der Waals surface area contributed by atoms with E-state index in [0.29, 0.717) is 12.5 Å². The lowest BCUT2D eigenvalue weighted by atomic mass is 10.3. The van der Waals surface area contributed by atoms with E-state index in [1.165, 1.54) is 0 Å². The van der Waals surface area contributed by atoms with E-state index >= 15 is 0 Å². The zero-order chi connectivity index (χ0) is 9.97. The third kappa shape index (κ3) is 3.05. The van der Waals surface area contributed by atoms with Gasteiger partial charge < -0.3 is 5.32 Å². The van der Waals surface area contributed by atoms with E-state index in [2.05, 4.69) is 32.9 Å². The summed E-state index contributed by atoms with van der Waals surface area (Å²) in [6.07, 6.45) is 0. The van der Waals surface area contributed by atoms with E-state index in [1.54, 1.807) is 0 Å². The molecule has 6 heteroatoms. The van der Waals surface area contributed by atoms with Crippen LogP contribution in [-0.4, -0.2) is 29.3 Å². The Labute approximate surface area is 112 Å². The van der Waals surface area contributed by atoms with Crippen LogP contribution in [0.3, 0.4) is 0 Å². The highest BCUT2D eigenvalue weighted by Crippen LogP contribution is 2.20. The number of hydrogen-bond donors (Lipinski definition) is 2. The smallest absolute Gasteiger partial charge is 0.223 e. The van der Waals surface area contributed by atoms with Gasteiger partial charge in [0.1, 0.15) is 0 Å². The minimum atomic E-state index is 0. The van der Waals surface area contributed by atoms with Crippen molar-refractivity contribution in [3.63, 3.8) is 0 Å². The predicted octanol–water partition coefficient (Wildman–Crippen LogP) is 2.15. The summed E-state index contributed by atoms with van der Waals surface area (Å²) in [6.45, 7) is 1.32. The van der Waals surface area contributed by atoms with E-state index in [-0.39, 0.29) is 17.0 Å². The zero-order valence-corrected chi connectivity index (χ0v) is 11.7. The quantitative estimate of drug-likeness (QED) is 0.730. The number of benzene rings is 1. The molecule has 1 heterocycles. The van der Waals surface area contributed by atoms with Crippen molar-refractivity contribution in [2.45, 2.75) is 0 Å². The maximum atomic E-state index is 9.38. The lowest BCUT2D eigenvalue weighted by Gasteiger charge is -2.07. The normalized spacial score (nSPS) is 17.5. The molecule has 0 atom stereocenters. The SMILES string of the molecule is Br.ON1CCNC1=Nc1ccccc1I. The number of hydrogen-bond acceptors (Lipinski definition) is 2. The Balaban J connectivity index is 0.00000112. The highest BCUT2D eigenvalue weighted by Gasteiger charge is 2.15. The number of rotatable bonds is 1. The van der Waals surface area contributed by atoms with Crippen molar-refractivity contribution in [1.29, 1.82) is 0 Å². The van der Waals surface area contributed by atoms with Gasteiger partial charge in [-0.3, -0.25) is 5.21 Å². The summed E-state index contributed by atoms with van der Waals surface area (Å²) in [4.78, 5) is 4.31. The van der Waals surface area contributed by atoms with Gasteiger partial charge in [-0.1, -0.05) is 12.1 Å². The number of para-hydroxylation sites is 1. The Kier molecular flexibility index (Phi) is 4.81. The van der Waals surface area contributed by atoms with Crippen LogP contribution in [-0.2, 0) is 0 Å². The Hall–Kier alpha value is -0.340. The van der Waals surface area contributed by atoms with Gasteiger partial charge in [0.2, 0.25) is 5.96 Å². The van der Waals surface area contributed by atoms with Gasteiger partial charge >= 0.3 is 0 Å². The molecule has 0 aromatic heterocycles. The van der Waals surface area contributed by atoms with Crippen LogP contribution in [0.1, 0.15) is 0 Å². The molecule has 1 aromatic rings. The first-order valence-electron chi connectivity index (χ1n) is 4.31. The first-order valence-corrected chi connectivity index (χ1v) is 5.39. The van der Waals surface area contributed by atoms with Crippen molar-refractivity contribution in [2.75, 3.05) is 13.1 Å². The molecule has 4 nitrogen and oxygen atoms in total. The molecule has 1 aromatic carbocycles. The molecular formula is C9H11BrIN3O. The lowest BCUT2D eigenvalue weighted by Crippen LogP contribution is -2.26. The average molecular weight is 384 g/mol. The minimum absolute atomic E-state index is 0. The standard InChI is InChI=1S/C9H10IN3O.BrH/c10-7-3-1-2-4-8(7)12-9-11-5-6-13(9)14;/h1-4,14H,5-6H2,(H,11,12);1H. The summed E-state index contributed by atoms with van der Waals surface area (Å²) in [7, 11) is 0. The minimum Gasteiger partial charge on any atom is -0.352 e. The maximum absolute atomic E-state index is 9.38. The molecule has 0 spiro atoms. The molecule has 1 aliphatic heterocycles. The predicted molar refractivity (Wildman–Crippen MR) is 73.1 cm³/mol. The second kappa shape index (κ2) is 5.66. The monoisotopic (exact) mass is 383 g/mol. The Bertz CT molecular complexity index is 372. The van der Waals surface area contributed by atoms with Crippen molar-refractivity contribution in [3.05, 3.63) is 27.8 Å². The Morgan fingerprint density at radius 2 is 2.13 bits per heavy atom. The van der Waals surface area contributed by atoms with Gasteiger partial charge in [-0.05, 0) is 34.7 Å². The van der Waals surface area contributed by atoms with E-state index in [4.69, 9.17) is 0 Å². The fraction of sp³-hybridized carbons (Fsp3) is 0.222. The van der Waals surface area contributed by atoms with Crippen molar-refractivity contribution in [3.8, 4) is 0 Å². The maximum Gasteiger partial charge on any atom is 0.223 e. The third-order valence-corrected chi connectivity index (χ3v) is 2.84. The van der Waals surface area contributed by atoms with Crippen molar-refractivity contribution < 1.29 is 5.21 Å². The van der Waals surface area contributed by atoms with Gasteiger partial charge in [0.25, 0.3) is 0 Å². The zero-order valence-electron chi connectivity index (χ0n) is 7.85. The molecule has 0 bridgehead atoms. The van der Waals surface area contributed by atoms with Crippen LogP contribution in [0.25, 0.3) is 0 Å². The van der Waals surface area contributed by atoms with Crippen LogP contribution in [0.2, 0.25) is 0 Å². The second-order valence-electron chi connectivity index (χ2n) is 2.94. The molecule has 1 saturated heterocycles. The van der Waals surface area contributed by atoms with Crippen LogP contribution in [0.4, 0.5) is 5.69 Å². The molecule has 1 aliphatic rings. The first kappa shape index (κ1) is 12.7. The number of hydroxylamine groups is 2. The molecule has 0 aliphatic carbocycles. The fourth-order valence-electron chi connectivity index (χ4n) is 1.22. The van der Waals surface area contributed by atoms with Crippen LogP contribution in [0.15, 0.2) is 29.3 Å². The highest BCUT2D eigenvalue weighted by molar-refractivity contribution is 14.1. The van der Waals surface area contributed by atoms with Gasteiger partial charge in [-0.15, -0.1) is 17.0 Å². The molecule has 82 valence electrons. The van der Waals surface area contributed by atoms with Crippen LogP contribution in [0, 0.1) is 3.57 Å². The summed E-state index contributed by atoms with van der Waals surface area (Å²) < 4.78 is 1.07. The van der Waals surface area contributed by atoms with E-state index in [9.17, 15) is 5.21 Å². The summed E-state index contributed by atoms with van der Waals surface area (Å²) in [5.41, 5.74) is 0.872. The third-order valence-electron chi connectivity index (χ3n) is 1.93. The van der Waals surface area contributed by atoms with Crippen LogP contribution in [0.5, 0.6) is 0 Å². The Morgan fingerprint density at radius 1 is 1.40 bits per heavy atom. The molecule has 2 N–H and O–H groups in total. The van der Waals surface area contributed by atoms with Crippen molar-refractivity contribution in [2.24, 2.45) is 4.99 Å². The molecule has 0 radical (unpaired) electrons. The van der Waals surface area contributed by atoms with Gasteiger partial charge in [0, 0.05) is 10.1 Å². The molecular weight excluding hydrogens is 373 g/mol. The van der Waals surface area contributed by atoms with E-state index in [1.807, 2.05) is 24.3 Å². The summed E-state index contributed by atoms with van der Waals surface area (Å²) in [5.74, 6) is 0.522. The first-order chi connectivity index (χ1) is 6.77. The number of nitrogens with zero attached hydrogens (tertiary/aromatic N) is 2. The summed E-state index contributed by atoms with van der Waals surface area (Å²) >= 11 is 2.22. The highest BCUT2D eigenvalue weighted by atomic mass is 127. The second-order valence-corrected chi connectivity index (χ2v) is 4.10. The van der Waals surface area contributed by atoms with E-state index in [0.717, 1.165) is 20.9 Å². The van der Waals surface area contributed by atoms with Gasteiger partial charge in [-0.2, -0.15) is 0 Å². The largest absolute Gasteiger partial charge is 0.352 e. The average Bonchev–Trinajstić information content (AvgIpc) is 2.56.